The maximum Gasteiger partial charge on any atom is 0.326 e. The van der Waals surface area contributed by atoms with Crippen LogP contribution in [0.1, 0.15) is 12.0 Å². The van der Waals surface area contributed by atoms with Crippen LogP contribution in [0.15, 0.2) is 18.2 Å². The molecular formula is C12H14N2O5. The van der Waals surface area contributed by atoms with Crippen LogP contribution >= 0.6 is 0 Å². The van der Waals surface area contributed by atoms with Crippen molar-refractivity contribution in [2.75, 3.05) is 11.4 Å². The molecule has 0 aromatic heterocycles. The summed E-state index contributed by atoms with van der Waals surface area (Å²) in [7, 11) is 0. The molecule has 0 amide bonds. The van der Waals surface area contributed by atoms with Crippen molar-refractivity contribution in [2.45, 2.75) is 25.5 Å². The molecule has 19 heavy (non-hydrogen) atoms. The number of carboxylic acids is 1. The van der Waals surface area contributed by atoms with Crippen LogP contribution in [0.4, 0.5) is 11.4 Å². The minimum Gasteiger partial charge on any atom is -0.480 e. The van der Waals surface area contributed by atoms with E-state index in [1.54, 1.807) is 13.0 Å². The number of nitro groups is 1. The number of aliphatic hydroxyl groups is 1. The van der Waals surface area contributed by atoms with Gasteiger partial charge in [-0.2, -0.15) is 0 Å². The highest BCUT2D eigenvalue weighted by Gasteiger charge is 2.37. The molecule has 0 saturated carbocycles. The van der Waals surface area contributed by atoms with Crippen LogP contribution in [0, 0.1) is 17.0 Å². The summed E-state index contributed by atoms with van der Waals surface area (Å²) in [5, 5.41) is 29.6. The summed E-state index contributed by atoms with van der Waals surface area (Å²) in [5.74, 6) is -1.04. The van der Waals surface area contributed by atoms with Gasteiger partial charge in [-0.3, -0.25) is 10.1 Å². The lowest BCUT2D eigenvalue weighted by Gasteiger charge is -2.24. The van der Waals surface area contributed by atoms with Crippen LogP contribution in [0.3, 0.4) is 0 Å². The molecule has 1 heterocycles. The second kappa shape index (κ2) is 4.85. The molecular weight excluding hydrogens is 252 g/mol. The van der Waals surface area contributed by atoms with Gasteiger partial charge in [0.05, 0.1) is 16.6 Å². The molecule has 7 nitrogen and oxygen atoms in total. The highest BCUT2D eigenvalue weighted by molar-refractivity contribution is 5.80. The number of hydrogen-bond donors (Lipinski definition) is 2. The van der Waals surface area contributed by atoms with E-state index < -0.39 is 23.0 Å². The van der Waals surface area contributed by atoms with Crippen molar-refractivity contribution in [3.05, 3.63) is 33.9 Å². The molecule has 2 unspecified atom stereocenters. The van der Waals surface area contributed by atoms with Crippen molar-refractivity contribution in [3.63, 3.8) is 0 Å². The summed E-state index contributed by atoms with van der Waals surface area (Å²) in [6.07, 6.45) is -0.614. The molecule has 1 aliphatic rings. The van der Waals surface area contributed by atoms with E-state index in [1.165, 1.54) is 17.0 Å². The average Bonchev–Trinajstić information content (AvgIpc) is 2.71. The summed E-state index contributed by atoms with van der Waals surface area (Å²) in [4.78, 5) is 23.1. The number of carbonyl (C=O) groups is 1. The summed E-state index contributed by atoms with van der Waals surface area (Å²) >= 11 is 0. The molecule has 7 heteroatoms. The van der Waals surface area contributed by atoms with Crippen LogP contribution in [0.2, 0.25) is 0 Å². The Hall–Kier alpha value is -2.15. The molecule has 1 aliphatic heterocycles. The molecule has 1 fully saturated rings. The second-order valence-corrected chi connectivity index (χ2v) is 4.57. The van der Waals surface area contributed by atoms with Crippen LogP contribution in [-0.4, -0.2) is 39.8 Å². The Bertz CT molecular complexity index is 531. The SMILES string of the molecule is Cc1c(N2CC(O)CC2C(=O)O)cccc1[N+](=O)[O-]. The summed E-state index contributed by atoms with van der Waals surface area (Å²) in [5.41, 5.74) is 0.842. The molecule has 2 atom stereocenters. The van der Waals surface area contributed by atoms with E-state index >= 15 is 0 Å². The molecule has 102 valence electrons. The third kappa shape index (κ3) is 2.37. The van der Waals surface area contributed by atoms with Gasteiger partial charge in [-0.15, -0.1) is 0 Å². The fourth-order valence-corrected chi connectivity index (χ4v) is 2.43. The lowest BCUT2D eigenvalue weighted by atomic mass is 10.1. The maximum atomic E-state index is 11.2. The summed E-state index contributed by atoms with van der Waals surface area (Å²) < 4.78 is 0. The van der Waals surface area contributed by atoms with E-state index in [2.05, 4.69) is 0 Å². The second-order valence-electron chi connectivity index (χ2n) is 4.57. The largest absolute Gasteiger partial charge is 0.480 e. The van der Waals surface area contributed by atoms with E-state index in [0.29, 0.717) is 11.3 Å². The minimum absolute atomic E-state index is 0.0528. The Labute approximate surface area is 109 Å². The zero-order chi connectivity index (χ0) is 14.2. The van der Waals surface area contributed by atoms with Crippen molar-refractivity contribution in [2.24, 2.45) is 0 Å². The van der Waals surface area contributed by atoms with Gasteiger partial charge in [0.15, 0.2) is 0 Å². The number of aliphatic carboxylic acids is 1. The van der Waals surface area contributed by atoms with Gasteiger partial charge in [-0.05, 0) is 13.0 Å². The van der Waals surface area contributed by atoms with E-state index in [4.69, 9.17) is 5.11 Å². The first kappa shape index (κ1) is 13.3. The third-order valence-electron chi connectivity index (χ3n) is 3.35. The number of hydrogen-bond acceptors (Lipinski definition) is 5. The van der Waals surface area contributed by atoms with Gasteiger partial charge >= 0.3 is 5.97 Å². The van der Waals surface area contributed by atoms with Gasteiger partial charge in [-0.25, -0.2) is 4.79 Å². The quantitative estimate of drug-likeness (QED) is 0.623. The molecule has 1 saturated heterocycles. The molecule has 1 aromatic rings. The van der Waals surface area contributed by atoms with E-state index in [-0.39, 0.29) is 18.7 Å². The van der Waals surface area contributed by atoms with Gasteiger partial charge in [0, 0.05) is 24.7 Å². The molecule has 0 radical (unpaired) electrons. The normalized spacial score (nSPS) is 22.5. The number of β-amino-alcohol motifs (C(OH)–C–C–N with tert-alkyl or cyclic N) is 1. The number of carboxylic acid groups (broad SMARTS) is 1. The number of benzene rings is 1. The van der Waals surface area contributed by atoms with Crippen molar-refractivity contribution in [1.82, 2.24) is 0 Å². The van der Waals surface area contributed by atoms with Crippen molar-refractivity contribution < 1.29 is 19.9 Å². The molecule has 1 aromatic carbocycles. The Kier molecular flexibility index (Phi) is 3.39. The Balaban J connectivity index is 2.44. The Morgan fingerprint density at radius 2 is 2.21 bits per heavy atom. The maximum absolute atomic E-state index is 11.2. The minimum atomic E-state index is -1.04. The van der Waals surface area contributed by atoms with E-state index in [1.807, 2.05) is 0 Å². The predicted molar refractivity (Wildman–Crippen MR) is 67.2 cm³/mol. The van der Waals surface area contributed by atoms with Gasteiger partial charge in [0.25, 0.3) is 5.69 Å². The molecule has 2 N–H and O–H groups in total. The van der Waals surface area contributed by atoms with Crippen LogP contribution in [0.5, 0.6) is 0 Å². The molecule has 2 rings (SSSR count). The fourth-order valence-electron chi connectivity index (χ4n) is 2.43. The fraction of sp³-hybridized carbons (Fsp3) is 0.417. The first-order chi connectivity index (χ1) is 8.91. The van der Waals surface area contributed by atoms with Crippen LogP contribution in [0.25, 0.3) is 0 Å². The smallest absolute Gasteiger partial charge is 0.326 e. The number of nitrogens with zero attached hydrogens (tertiary/aromatic N) is 2. The Morgan fingerprint density at radius 1 is 1.53 bits per heavy atom. The molecule has 0 aliphatic carbocycles. The number of aliphatic hydroxyl groups excluding tert-OH is 1. The van der Waals surface area contributed by atoms with Crippen molar-refractivity contribution >= 4 is 17.3 Å². The van der Waals surface area contributed by atoms with E-state index in [9.17, 15) is 20.0 Å². The summed E-state index contributed by atoms with van der Waals surface area (Å²) in [6, 6.07) is 3.68. The lowest BCUT2D eigenvalue weighted by Crippen LogP contribution is -2.36. The lowest BCUT2D eigenvalue weighted by molar-refractivity contribution is -0.385. The number of rotatable bonds is 3. The topological polar surface area (TPSA) is 104 Å². The van der Waals surface area contributed by atoms with Crippen molar-refractivity contribution in [1.29, 1.82) is 0 Å². The average molecular weight is 266 g/mol. The Morgan fingerprint density at radius 3 is 2.79 bits per heavy atom. The van der Waals surface area contributed by atoms with Gasteiger partial charge in [0.2, 0.25) is 0 Å². The third-order valence-corrected chi connectivity index (χ3v) is 3.35. The van der Waals surface area contributed by atoms with Gasteiger partial charge in [-0.1, -0.05) is 6.07 Å². The first-order valence-corrected chi connectivity index (χ1v) is 5.83. The highest BCUT2D eigenvalue weighted by atomic mass is 16.6. The van der Waals surface area contributed by atoms with Gasteiger partial charge < -0.3 is 15.1 Å². The standard InChI is InChI=1S/C12H14N2O5/c1-7-9(3-2-4-10(7)14(18)19)13-6-8(15)5-11(13)12(16)17/h2-4,8,11,15H,5-6H2,1H3,(H,16,17). The van der Waals surface area contributed by atoms with Crippen LogP contribution in [-0.2, 0) is 4.79 Å². The zero-order valence-electron chi connectivity index (χ0n) is 10.3. The predicted octanol–water partition coefficient (Wildman–Crippen LogP) is 0.927. The molecule has 0 spiro atoms. The monoisotopic (exact) mass is 266 g/mol. The van der Waals surface area contributed by atoms with E-state index in [0.717, 1.165) is 0 Å². The summed E-state index contributed by atoms with van der Waals surface area (Å²) in [6.45, 7) is 1.75. The zero-order valence-corrected chi connectivity index (χ0v) is 10.3. The number of nitro benzene ring substituents is 1. The highest BCUT2D eigenvalue weighted by Crippen LogP contribution is 2.33. The van der Waals surface area contributed by atoms with Gasteiger partial charge in [0.1, 0.15) is 6.04 Å². The number of anilines is 1. The molecule has 0 bridgehead atoms. The first-order valence-electron chi connectivity index (χ1n) is 5.83. The van der Waals surface area contributed by atoms with Crippen LogP contribution < -0.4 is 4.90 Å². The van der Waals surface area contributed by atoms with Crippen molar-refractivity contribution in [3.8, 4) is 0 Å².